The lowest BCUT2D eigenvalue weighted by atomic mass is 10.1. The third kappa shape index (κ3) is 3.25. The van der Waals surface area contributed by atoms with E-state index in [9.17, 15) is 4.79 Å². The van der Waals surface area contributed by atoms with Crippen molar-refractivity contribution in [3.63, 3.8) is 0 Å². The van der Waals surface area contributed by atoms with Crippen LogP contribution >= 0.6 is 0 Å². The first-order valence-electron chi connectivity index (χ1n) is 6.69. The van der Waals surface area contributed by atoms with E-state index in [1.807, 2.05) is 26.0 Å². The molecule has 1 aromatic rings. The van der Waals surface area contributed by atoms with Gasteiger partial charge in [0.15, 0.2) is 0 Å². The van der Waals surface area contributed by atoms with Gasteiger partial charge in [-0.3, -0.25) is 4.79 Å². The van der Waals surface area contributed by atoms with Crippen LogP contribution in [0.25, 0.3) is 6.08 Å². The molecule has 0 bridgehead atoms. The molecule has 0 saturated heterocycles. The Morgan fingerprint density at radius 3 is 2.68 bits per heavy atom. The van der Waals surface area contributed by atoms with Gasteiger partial charge in [0.2, 0.25) is 0 Å². The first-order chi connectivity index (χ1) is 9.10. The normalized spacial score (nSPS) is 16.4. The van der Waals surface area contributed by atoms with Crippen LogP contribution in [-0.2, 0) is 4.79 Å². The van der Waals surface area contributed by atoms with Crippen LogP contribution in [0.2, 0.25) is 0 Å². The van der Waals surface area contributed by atoms with Crippen LogP contribution in [0.15, 0.2) is 11.6 Å². The minimum Gasteiger partial charge on any atom is -0.362 e. The molecule has 1 aromatic heterocycles. The molecule has 100 valence electrons. The van der Waals surface area contributed by atoms with E-state index in [4.69, 9.17) is 5.26 Å². The molecule has 19 heavy (non-hydrogen) atoms. The third-order valence-electron chi connectivity index (χ3n) is 3.54. The molecule has 1 aliphatic rings. The van der Waals surface area contributed by atoms with E-state index >= 15 is 0 Å². The van der Waals surface area contributed by atoms with E-state index in [1.165, 1.54) is 0 Å². The third-order valence-corrected chi connectivity index (χ3v) is 3.54. The summed E-state index contributed by atoms with van der Waals surface area (Å²) in [6.07, 6.45) is 6.02. The second-order valence-corrected chi connectivity index (χ2v) is 5.16. The van der Waals surface area contributed by atoms with Crippen molar-refractivity contribution in [1.82, 2.24) is 10.3 Å². The van der Waals surface area contributed by atoms with Gasteiger partial charge >= 0.3 is 0 Å². The van der Waals surface area contributed by atoms with Crippen LogP contribution in [0.1, 0.15) is 42.6 Å². The molecule has 0 radical (unpaired) electrons. The number of carbonyl (C=O) groups excluding carboxylic acids is 1. The van der Waals surface area contributed by atoms with Gasteiger partial charge in [0.05, 0.1) is 0 Å². The summed E-state index contributed by atoms with van der Waals surface area (Å²) in [4.78, 5) is 15.2. The number of nitrogens with one attached hydrogen (secondary N) is 2. The molecule has 0 aromatic carbocycles. The van der Waals surface area contributed by atoms with Gasteiger partial charge in [0.25, 0.3) is 5.91 Å². The summed E-state index contributed by atoms with van der Waals surface area (Å²) < 4.78 is 0. The van der Waals surface area contributed by atoms with E-state index < -0.39 is 0 Å². The minimum atomic E-state index is -0.257. The summed E-state index contributed by atoms with van der Waals surface area (Å²) in [5, 5.41) is 12.1. The highest BCUT2D eigenvalue weighted by Crippen LogP contribution is 2.19. The number of carbonyl (C=O) groups is 1. The number of H-pyrrole nitrogens is 1. The Morgan fingerprint density at radius 1 is 1.47 bits per heavy atom. The number of aromatic amines is 1. The van der Waals surface area contributed by atoms with Crippen molar-refractivity contribution in [3.8, 4) is 6.07 Å². The largest absolute Gasteiger partial charge is 0.362 e. The van der Waals surface area contributed by atoms with Gasteiger partial charge < -0.3 is 10.3 Å². The van der Waals surface area contributed by atoms with Gasteiger partial charge in [-0.05, 0) is 44.4 Å². The van der Waals surface area contributed by atoms with Crippen LogP contribution in [-0.4, -0.2) is 16.9 Å². The molecule has 1 saturated carbocycles. The molecule has 1 aliphatic carbocycles. The van der Waals surface area contributed by atoms with E-state index in [2.05, 4.69) is 10.3 Å². The predicted octanol–water partition coefficient (Wildman–Crippen LogP) is 2.60. The van der Waals surface area contributed by atoms with Crippen LogP contribution in [0.3, 0.4) is 0 Å². The van der Waals surface area contributed by atoms with Crippen LogP contribution in [0.5, 0.6) is 0 Å². The van der Waals surface area contributed by atoms with Gasteiger partial charge in [-0.1, -0.05) is 12.8 Å². The second-order valence-electron chi connectivity index (χ2n) is 5.16. The quantitative estimate of drug-likeness (QED) is 0.645. The molecule has 1 fully saturated rings. The fraction of sp³-hybridized carbons (Fsp3) is 0.467. The van der Waals surface area contributed by atoms with Gasteiger partial charge in [-0.2, -0.15) is 5.26 Å². The maximum atomic E-state index is 12.0. The Morgan fingerprint density at radius 2 is 2.16 bits per heavy atom. The summed E-state index contributed by atoms with van der Waals surface area (Å²) in [5.74, 6) is -0.257. The average molecular weight is 257 g/mol. The highest BCUT2D eigenvalue weighted by Gasteiger charge is 2.19. The Hall–Kier alpha value is -2.02. The maximum Gasteiger partial charge on any atom is 0.262 e. The molecule has 4 nitrogen and oxygen atoms in total. The first kappa shape index (κ1) is 13.4. The van der Waals surface area contributed by atoms with Gasteiger partial charge in [-0.15, -0.1) is 0 Å². The monoisotopic (exact) mass is 257 g/mol. The zero-order chi connectivity index (χ0) is 13.8. The van der Waals surface area contributed by atoms with Gasteiger partial charge in [0.1, 0.15) is 11.6 Å². The summed E-state index contributed by atoms with van der Waals surface area (Å²) >= 11 is 0. The summed E-state index contributed by atoms with van der Waals surface area (Å²) in [6.45, 7) is 3.89. The number of amides is 1. The zero-order valence-electron chi connectivity index (χ0n) is 11.4. The van der Waals surface area contributed by atoms with Crippen molar-refractivity contribution in [2.45, 2.75) is 45.6 Å². The van der Waals surface area contributed by atoms with Crippen LogP contribution in [0.4, 0.5) is 0 Å². The molecule has 1 amide bonds. The Bertz CT molecular complexity index is 542. The summed E-state index contributed by atoms with van der Waals surface area (Å²) in [5.41, 5.74) is 3.07. The molecule has 2 N–H and O–H groups in total. The van der Waals surface area contributed by atoms with Crippen molar-refractivity contribution in [3.05, 3.63) is 28.6 Å². The molecule has 0 spiro atoms. The predicted molar refractivity (Wildman–Crippen MR) is 74.3 cm³/mol. The lowest BCUT2D eigenvalue weighted by molar-refractivity contribution is -0.117. The minimum absolute atomic E-state index is 0.175. The van der Waals surface area contributed by atoms with Crippen molar-refractivity contribution in [2.75, 3.05) is 0 Å². The number of hydrogen-bond donors (Lipinski definition) is 2. The van der Waals surface area contributed by atoms with Gasteiger partial charge in [-0.25, -0.2) is 0 Å². The molecule has 0 atom stereocenters. The zero-order valence-corrected chi connectivity index (χ0v) is 11.4. The summed E-state index contributed by atoms with van der Waals surface area (Å²) in [6, 6.07) is 4.17. The smallest absolute Gasteiger partial charge is 0.262 e. The fourth-order valence-corrected chi connectivity index (χ4v) is 2.53. The Kier molecular flexibility index (Phi) is 4.06. The van der Waals surface area contributed by atoms with E-state index in [0.717, 1.165) is 42.6 Å². The molecule has 2 rings (SSSR count). The highest BCUT2D eigenvalue weighted by molar-refractivity contribution is 6.02. The molecular weight excluding hydrogens is 238 g/mol. The molecule has 0 unspecified atom stereocenters. The highest BCUT2D eigenvalue weighted by atomic mass is 16.1. The maximum absolute atomic E-state index is 12.0. The lowest BCUT2D eigenvalue weighted by Crippen LogP contribution is -2.33. The van der Waals surface area contributed by atoms with E-state index in [-0.39, 0.29) is 17.5 Å². The molecule has 0 aliphatic heterocycles. The summed E-state index contributed by atoms with van der Waals surface area (Å²) in [7, 11) is 0. The fourth-order valence-electron chi connectivity index (χ4n) is 2.53. The number of aromatic nitrogens is 1. The first-order valence-corrected chi connectivity index (χ1v) is 6.69. The second kappa shape index (κ2) is 5.75. The topological polar surface area (TPSA) is 68.7 Å². The van der Waals surface area contributed by atoms with E-state index in [0.29, 0.717) is 0 Å². The van der Waals surface area contributed by atoms with Crippen molar-refractivity contribution < 1.29 is 4.79 Å². The van der Waals surface area contributed by atoms with Crippen molar-refractivity contribution in [1.29, 1.82) is 5.26 Å². The average Bonchev–Trinajstić information content (AvgIpc) is 2.96. The van der Waals surface area contributed by atoms with Crippen molar-refractivity contribution >= 4 is 12.0 Å². The number of nitrogens with zero attached hydrogens (tertiary/aromatic N) is 1. The number of aryl methyl sites for hydroxylation is 2. The number of rotatable bonds is 3. The lowest BCUT2D eigenvalue weighted by Gasteiger charge is -2.10. The van der Waals surface area contributed by atoms with Gasteiger partial charge in [0, 0.05) is 17.4 Å². The Labute approximate surface area is 113 Å². The standard InChI is InChI=1S/C15H19N3O/c1-10-7-12(11(2)17-10)8-13(9-16)15(19)18-14-5-3-4-6-14/h7-8,14,17H,3-6H2,1-2H3,(H,18,19)/b13-8+. The van der Waals surface area contributed by atoms with Crippen LogP contribution in [0, 0.1) is 25.2 Å². The van der Waals surface area contributed by atoms with Crippen LogP contribution < -0.4 is 5.32 Å². The number of nitriles is 1. The molecule has 1 heterocycles. The SMILES string of the molecule is Cc1cc(/C=C(\C#N)C(=O)NC2CCCC2)c(C)[nH]1. The molecule has 4 heteroatoms. The van der Waals surface area contributed by atoms with Crippen molar-refractivity contribution in [2.24, 2.45) is 0 Å². The number of hydrogen-bond acceptors (Lipinski definition) is 2. The Balaban J connectivity index is 2.12. The van der Waals surface area contributed by atoms with E-state index in [1.54, 1.807) is 6.08 Å². The molecular formula is C15H19N3O.